The Kier molecular flexibility index (Phi) is 4.92. The van der Waals surface area contributed by atoms with Crippen LogP contribution < -0.4 is 0 Å². The highest BCUT2D eigenvalue weighted by atomic mass is 16.2. The van der Waals surface area contributed by atoms with E-state index in [4.69, 9.17) is 4.99 Å². The van der Waals surface area contributed by atoms with E-state index in [0.29, 0.717) is 24.2 Å². The molecule has 0 saturated carbocycles. The van der Waals surface area contributed by atoms with Gasteiger partial charge in [0, 0.05) is 14.1 Å². The predicted octanol–water partition coefficient (Wildman–Crippen LogP) is 2.15. The number of likely N-dealkylation sites (N-methyl/N-ethyl adjacent to an activating group) is 2. The van der Waals surface area contributed by atoms with Crippen molar-refractivity contribution in [3.05, 3.63) is 35.4 Å². The van der Waals surface area contributed by atoms with Gasteiger partial charge in [0.2, 0.25) is 11.9 Å². The zero-order valence-corrected chi connectivity index (χ0v) is 17.9. The summed E-state index contributed by atoms with van der Waals surface area (Å²) >= 11 is 0. The normalized spacial score (nSPS) is 27.6. The number of carbonyl (C=O) groups is 2. The number of nitrogens with zero attached hydrogens (tertiary/aromatic N) is 5. The summed E-state index contributed by atoms with van der Waals surface area (Å²) in [5.41, 5.74) is 2.32. The lowest BCUT2D eigenvalue weighted by molar-refractivity contribution is -0.557. The molecule has 1 aromatic carbocycles. The van der Waals surface area contributed by atoms with Crippen LogP contribution in [0, 0.1) is 18.8 Å². The molecule has 29 heavy (non-hydrogen) atoms. The smallest absolute Gasteiger partial charge is 0.270 e. The molecule has 4 rings (SSSR count). The van der Waals surface area contributed by atoms with Gasteiger partial charge in [-0.05, 0) is 30.7 Å². The van der Waals surface area contributed by atoms with E-state index in [-0.39, 0.29) is 11.9 Å². The number of hydrogen-bond donors (Lipinski definition) is 0. The molecule has 3 aliphatic rings. The Morgan fingerprint density at radius 2 is 1.79 bits per heavy atom. The summed E-state index contributed by atoms with van der Waals surface area (Å²) in [6, 6.07) is 7.43. The minimum atomic E-state index is -0.564. The molecular weight excluding hydrogens is 366 g/mol. The van der Waals surface area contributed by atoms with Gasteiger partial charge < -0.3 is 0 Å². The Bertz CT molecular complexity index is 910. The van der Waals surface area contributed by atoms with Crippen molar-refractivity contribution in [1.29, 1.82) is 0 Å². The summed E-state index contributed by atoms with van der Waals surface area (Å²) in [5.74, 6) is 2.26. The first kappa shape index (κ1) is 19.6. The van der Waals surface area contributed by atoms with Crippen LogP contribution in [0.5, 0.6) is 0 Å². The van der Waals surface area contributed by atoms with E-state index in [9.17, 15) is 9.59 Å². The van der Waals surface area contributed by atoms with E-state index in [2.05, 4.69) is 48.4 Å². The summed E-state index contributed by atoms with van der Waals surface area (Å²) in [7, 11) is 3.25. The Balaban J connectivity index is 1.80. The topological polar surface area (TPSA) is 59.2 Å². The van der Waals surface area contributed by atoms with Crippen LogP contribution in [0.3, 0.4) is 0 Å². The predicted molar refractivity (Wildman–Crippen MR) is 112 cm³/mol. The lowest BCUT2D eigenvalue weighted by Gasteiger charge is -2.33. The third-order valence-corrected chi connectivity index (χ3v) is 6.10. The van der Waals surface area contributed by atoms with E-state index in [1.165, 1.54) is 21.8 Å². The van der Waals surface area contributed by atoms with Crippen LogP contribution in [0.2, 0.25) is 0 Å². The summed E-state index contributed by atoms with van der Waals surface area (Å²) < 4.78 is 2.30. The van der Waals surface area contributed by atoms with Crippen molar-refractivity contribution in [3.63, 3.8) is 0 Å². The maximum absolute atomic E-state index is 13.1. The maximum Gasteiger partial charge on any atom is 0.392 e. The SMILES string of the molecule is Cc1cccc(CN2C(=[N+]3CC(C)CC(C)C3)N=C3C2C(=O)N(C)C(=O)N3C)c1. The number of amides is 3. The van der Waals surface area contributed by atoms with E-state index in [1.807, 2.05) is 6.07 Å². The number of piperidine rings is 1. The zero-order chi connectivity index (χ0) is 20.9. The average molecular weight is 397 g/mol. The van der Waals surface area contributed by atoms with Crippen LogP contribution in [0.15, 0.2) is 29.3 Å². The van der Waals surface area contributed by atoms with Gasteiger partial charge in [-0.25, -0.2) is 9.69 Å². The van der Waals surface area contributed by atoms with Gasteiger partial charge in [0.1, 0.15) is 0 Å². The highest BCUT2D eigenvalue weighted by Crippen LogP contribution is 2.27. The minimum absolute atomic E-state index is 0.215. The molecule has 154 valence electrons. The number of amidine groups is 1. The number of rotatable bonds is 2. The second-order valence-corrected chi connectivity index (χ2v) is 8.88. The van der Waals surface area contributed by atoms with Gasteiger partial charge in [0.05, 0.1) is 19.6 Å². The Morgan fingerprint density at radius 3 is 2.45 bits per heavy atom. The van der Waals surface area contributed by atoms with Crippen molar-refractivity contribution < 1.29 is 14.2 Å². The quantitative estimate of drug-likeness (QED) is 0.720. The Labute approximate surface area is 172 Å². The Hall–Kier alpha value is -2.70. The number of imide groups is 1. The number of aliphatic imine (C=N–C) groups is 1. The van der Waals surface area contributed by atoms with E-state index in [0.717, 1.165) is 24.6 Å². The number of guanidine groups is 1. The molecule has 7 nitrogen and oxygen atoms in total. The lowest BCUT2D eigenvalue weighted by atomic mass is 9.93. The first-order valence-electron chi connectivity index (χ1n) is 10.3. The molecule has 3 aliphatic heterocycles. The molecule has 0 spiro atoms. The fourth-order valence-electron chi connectivity index (χ4n) is 4.83. The van der Waals surface area contributed by atoms with Crippen molar-refractivity contribution in [2.24, 2.45) is 16.8 Å². The minimum Gasteiger partial charge on any atom is -0.270 e. The van der Waals surface area contributed by atoms with Gasteiger partial charge in [0.25, 0.3) is 5.91 Å². The second-order valence-electron chi connectivity index (χ2n) is 8.88. The molecule has 0 aliphatic carbocycles. The largest absolute Gasteiger partial charge is 0.392 e. The lowest BCUT2D eigenvalue weighted by Crippen LogP contribution is -2.62. The summed E-state index contributed by atoms with van der Waals surface area (Å²) in [6.07, 6.45) is 1.20. The van der Waals surface area contributed by atoms with Crippen molar-refractivity contribution in [1.82, 2.24) is 14.7 Å². The molecule has 0 aromatic heterocycles. The van der Waals surface area contributed by atoms with Gasteiger partial charge >= 0.3 is 12.0 Å². The van der Waals surface area contributed by atoms with Crippen LogP contribution in [0.4, 0.5) is 4.79 Å². The van der Waals surface area contributed by atoms with Gasteiger partial charge in [-0.2, -0.15) is 0 Å². The van der Waals surface area contributed by atoms with E-state index >= 15 is 0 Å². The molecule has 0 bridgehead atoms. The zero-order valence-electron chi connectivity index (χ0n) is 17.9. The number of hydrogen-bond acceptors (Lipinski definition) is 2. The van der Waals surface area contributed by atoms with Crippen molar-refractivity contribution >= 4 is 23.7 Å². The Morgan fingerprint density at radius 1 is 1.10 bits per heavy atom. The first-order valence-corrected chi connectivity index (χ1v) is 10.3. The first-order chi connectivity index (χ1) is 13.8. The third kappa shape index (κ3) is 3.43. The van der Waals surface area contributed by atoms with Gasteiger partial charge in [-0.15, -0.1) is 0 Å². The third-order valence-electron chi connectivity index (χ3n) is 6.10. The van der Waals surface area contributed by atoms with Gasteiger partial charge in [-0.1, -0.05) is 48.7 Å². The standard InChI is InChI=1S/C22H30N5O2/c1-14-7-6-8-17(10-14)13-27-18-19(24(4)22(29)25(5)20(18)28)23-21(27)26-11-15(2)9-16(3)12-26/h6-8,10,15-16,18H,9,11-13H2,1-5H3/q+1. The van der Waals surface area contributed by atoms with Crippen LogP contribution in [0.25, 0.3) is 0 Å². The van der Waals surface area contributed by atoms with E-state index < -0.39 is 6.04 Å². The molecule has 0 radical (unpaired) electrons. The summed E-state index contributed by atoms with van der Waals surface area (Å²) in [6.45, 7) is 9.00. The summed E-state index contributed by atoms with van der Waals surface area (Å²) in [5, 5.41) is 0. The molecule has 0 N–H and O–H groups in total. The van der Waals surface area contributed by atoms with Crippen molar-refractivity contribution in [2.45, 2.75) is 39.8 Å². The number of benzene rings is 1. The number of aryl methyl sites for hydroxylation is 1. The fraction of sp³-hybridized carbons (Fsp3) is 0.545. The molecule has 3 amide bonds. The molecule has 3 unspecified atom stereocenters. The monoisotopic (exact) mass is 396 g/mol. The van der Waals surface area contributed by atoms with Gasteiger partial charge in [0.15, 0.2) is 0 Å². The molecule has 2 fully saturated rings. The fourth-order valence-corrected chi connectivity index (χ4v) is 4.83. The molecule has 7 heteroatoms. The highest BCUT2D eigenvalue weighted by molar-refractivity contribution is 6.25. The molecule has 3 heterocycles. The molecule has 1 aromatic rings. The number of carbonyl (C=O) groups excluding carboxylic acids is 2. The van der Waals surface area contributed by atoms with Crippen LogP contribution >= 0.6 is 0 Å². The van der Waals surface area contributed by atoms with Crippen molar-refractivity contribution in [3.8, 4) is 0 Å². The molecule has 3 atom stereocenters. The van der Waals surface area contributed by atoms with Crippen LogP contribution in [-0.2, 0) is 11.3 Å². The van der Waals surface area contributed by atoms with E-state index in [1.54, 1.807) is 14.1 Å². The molecular formula is C22H30N5O2+. The van der Waals surface area contributed by atoms with Crippen LogP contribution in [-0.4, -0.2) is 76.2 Å². The second kappa shape index (κ2) is 7.28. The average Bonchev–Trinajstić information content (AvgIpc) is 3.03. The number of urea groups is 1. The highest BCUT2D eigenvalue weighted by Gasteiger charge is 2.55. The summed E-state index contributed by atoms with van der Waals surface area (Å²) in [4.78, 5) is 35.3. The van der Waals surface area contributed by atoms with Gasteiger partial charge in [-0.3, -0.25) is 19.2 Å². The number of fused-ring (bicyclic) bond motifs is 1. The maximum atomic E-state index is 13.1. The molecule has 2 saturated heterocycles. The van der Waals surface area contributed by atoms with Crippen molar-refractivity contribution in [2.75, 3.05) is 27.2 Å². The van der Waals surface area contributed by atoms with Crippen LogP contribution in [0.1, 0.15) is 31.4 Å².